The highest BCUT2D eigenvalue weighted by Crippen LogP contribution is 2.34. The van der Waals surface area contributed by atoms with E-state index in [0.29, 0.717) is 42.5 Å². The first-order valence-electron chi connectivity index (χ1n) is 12.9. The molecule has 0 radical (unpaired) electrons. The van der Waals surface area contributed by atoms with Crippen LogP contribution < -0.4 is 20.9 Å². The number of rotatable bonds is 5. The first-order chi connectivity index (χ1) is 19.0. The van der Waals surface area contributed by atoms with Gasteiger partial charge in [-0.1, -0.05) is 6.07 Å². The van der Waals surface area contributed by atoms with Gasteiger partial charge in [0.25, 0.3) is 5.91 Å². The molecule has 1 unspecified atom stereocenters. The maximum absolute atomic E-state index is 13.8. The van der Waals surface area contributed by atoms with Gasteiger partial charge < -0.3 is 25.3 Å². The fourth-order valence-electron chi connectivity index (χ4n) is 4.90. The summed E-state index contributed by atoms with van der Waals surface area (Å²) in [7, 11) is 0. The summed E-state index contributed by atoms with van der Waals surface area (Å²) in [6.45, 7) is 7.09. The van der Waals surface area contributed by atoms with Crippen molar-refractivity contribution in [3.05, 3.63) is 77.6 Å². The molecule has 11 heteroatoms. The molecule has 8 nitrogen and oxygen atoms in total. The number of aryl methyl sites for hydroxylation is 1. The molecular formula is C29H29F3N6O2. The van der Waals surface area contributed by atoms with Crippen LogP contribution in [0.25, 0.3) is 16.8 Å². The minimum absolute atomic E-state index is 0.0186. The quantitative estimate of drug-likeness (QED) is 0.312. The summed E-state index contributed by atoms with van der Waals surface area (Å²) < 4.78 is 43.1. The number of alkyl halides is 3. The summed E-state index contributed by atoms with van der Waals surface area (Å²) in [6.07, 6.45) is -1.04. The van der Waals surface area contributed by atoms with E-state index >= 15 is 0 Å². The van der Waals surface area contributed by atoms with Gasteiger partial charge in [0.15, 0.2) is 5.82 Å². The number of imidazole rings is 1. The van der Waals surface area contributed by atoms with Crippen molar-refractivity contribution in [2.24, 2.45) is 0 Å². The number of carbonyl (C=O) groups is 2. The Kier molecular flexibility index (Phi) is 7.24. The number of carbonyl (C=O) groups excluding carboxylic acids is 2. The number of aromatic nitrogens is 2. The third-order valence-electron chi connectivity index (χ3n) is 6.90. The molecule has 0 saturated carbocycles. The van der Waals surface area contributed by atoms with Crippen LogP contribution >= 0.6 is 0 Å². The molecule has 3 heterocycles. The molecule has 1 fully saturated rings. The number of amides is 2. The third kappa shape index (κ3) is 5.79. The van der Waals surface area contributed by atoms with Crippen LogP contribution in [0.15, 0.2) is 60.9 Å². The average molecular weight is 551 g/mol. The second kappa shape index (κ2) is 10.6. The number of halogens is 3. The number of pyridine rings is 1. The van der Waals surface area contributed by atoms with E-state index in [1.54, 1.807) is 22.7 Å². The molecule has 1 aliphatic rings. The van der Waals surface area contributed by atoms with Crippen molar-refractivity contribution < 1.29 is 22.8 Å². The number of hydrogen-bond acceptors (Lipinski definition) is 5. The van der Waals surface area contributed by atoms with Crippen LogP contribution in [0.4, 0.5) is 30.4 Å². The summed E-state index contributed by atoms with van der Waals surface area (Å²) >= 11 is 0. The molecule has 1 saturated heterocycles. The van der Waals surface area contributed by atoms with Gasteiger partial charge in [0, 0.05) is 55.7 Å². The minimum atomic E-state index is -4.59. The molecule has 0 spiro atoms. The Hall–Kier alpha value is -4.38. The Morgan fingerprint density at radius 1 is 1.05 bits per heavy atom. The summed E-state index contributed by atoms with van der Waals surface area (Å²) in [4.78, 5) is 30.9. The standard InChI is InChI=1S/C29H29F3N6O2/c1-17-4-6-23(13-25(17)20-5-7-27-36-26(34-19(3)39)16-37(27)15-20)35-28(40)21-10-22(29(30,31)32)12-24(11-21)38-9-8-33-14-18(38)2/h4-7,10-13,15-16,18,33H,8-9,14H2,1-3H3,(H,34,39)(H,35,40). The molecule has 0 aliphatic carbocycles. The smallest absolute Gasteiger partial charge is 0.366 e. The average Bonchev–Trinajstić information content (AvgIpc) is 3.30. The highest BCUT2D eigenvalue weighted by Gasteiger charge is 2.33. The molecule has 1 aliphatic heterocycles. The van der Waals surface area contributed by atoms with Gasteiger partial charge in [-0.3, -0.25) is 9.59 Å². The minimum Gasteiger partial charge on any atom is -0.366 e. The van der Waals surface area contributed by atoms with Crippen molar-refractivity contribution >= 4 is 34.7 Å². The van der Waals surface area contributed by atoms with Gasteiger partial charge in [-0.2, -0.15) is 13.2 Å². The van der Waals surface area contributed by atoms with Crippen molar-refractivity contribution in [3.63, 3.8) is 0 Å². The number of nitrogens with one attached hydrogen (secondary N) is 3. The van der Waals surface area contributed by atoms with Gasteiger partial charge in [-0.05, 0) is 73.0 Å². The van der Waals surface area contributed by atoms with Crippen molar-refractivity contribution in [2.45, 2.75) is 33.0 Å². The lowest BCUT2D eigenvalue weighted by atomic mass is 10.0. The Bertz CT molecular complexity index is 1600. The Labute approximate surface area is 229 Å². The van der Waals surface area contributed by atoms with Crippen LogP contribution in [-0.4, -0.2) is 46.9 Å². The zero-order valence-corrected chi connectivity index (χ0v) is 22.3. The number of benzene rings is 2. The van der Waals surface area contributed by atoms with Crippen LogP contribution in [-0.2, 0) is 11.0 Å². The molecule has 1 atom stereocenters. The predicted molar refractivity (Wildman–Crippen MR) is 149 cm³/mol. The highest BCUT2D eigenvalue weighted by atomic mass is 19.4. The van der Waals surface area contributed by atoms with E-state index in [1.165, 1.54) is 13.0 Å². The predicted octanol–water partition coefficient (Wildman–Crippen LogP) is 5.34. The largest absolute Gasteiger partial charge is 0.416 e. The molecule has 5 rings (SSSR count). The van der Waals surface area contributed by atoms with E-state index in [-0.39, 0.29) is 17.5 Å². The number of piperazine rings is 1. The van der Waals surface area contributed by atoms with E-state index in [4.69, 9.17) is 0 Å². The molecule has 2 amide bonds. The molecule has 208 valence electrons. The summed E-state index contributed by atoms with van der Waals surface area (Å²) in [5, 5.41) is 8.66. The van der Waals surface area contributed by atoms with Crippen LogP contribution in [0.1, 0.15) is 35.3 Å². The van der Waals surface area contributed by atoms with Gasteiger partial charge in [-0.25, -0.2) is 4.98 Å². The molecule has 2 aromatic carbocycles. The monoisotopic (exact) mass is 550 g/mol. The summed E-state index contributed by atoms with van der Waals surface area (Å²) in [6, 6.07) is 12.5. The fraction of sp³-hybridized carbons (Fsp3) is 0.276. The van der Waals surface area contributed by atoms with Crippen LogP contribution in [0.2, 0.25) is 0 Å². The highest BCUT2D eigenvalue weighted by molar-refractivity contribution is 6.05. The van der Waals surface area contributed by atoms with Crippen LogP contribution in [0, 0.1) is 6.92 Å². The molecule has 2 aromatic heterocycles. The summed E-state index contributed by atoms with van der Waals surface area (Å²) in [5.74, 6) is -0.425. The van der Waals surface area contributed by atoms with Crippen molar-refractivity contribution in [1.82, 2.24) is 14.7 Å². The van der Waals surface area contributed by atoms with E-state index in [9.17, 15) is 22.8 Å². The van der Waals surface area contributed by atoms with Crippen molar-refractivity contribution in [3.8, 4) is 11.1 Å². The van der Waals surface area contributed by atoms with Crippen LogP contribution in [0.3, 0.4) is 0 Å². The van der Waals surface area contributed by atoms with Crippen LogP contribution in [0.5, 0.6) is 0 Å². The van der Waals surface area contributed by atoms with E-state index in [1.807, 2.05) is 43.1 Å². The molecule has 0 bridgehead atoms. The number of hydrogen-bond donors (Lipinski definition) is 3. The van der Waals surface area contributed by atoms with Crippen molar-refractivity contribution in [2.75, 3.05) is 35.2 Å². The molecular weight excluding hydrogens is 521 g/mol. The topological polar surface area (TPSA) is 90.8 Å². The lowest BCUT2D eigenvalue weighted by Crippen LogP contribution is -2.50. The Morgan fingerprint density at radius 3 is 2.58 bits per heavy atom. The van der Waals surface area contributed by atoms with Gasteiger partial charge in [0.05, 0.1) is 11.8 Å². The van der Waals surface area contributed by atoms with Gasteiger partial charge >= 0.3 is 6.18 Å². The summed E-state index contributed by atoms with van der Waals surface area (Å²) in [5.41, 5.74) is 3.13. The van der Waals surface area contributed by atoms with E-state index < -0.39 is 17.6 Å². The second-order valence-corrected chi connectivity index (χ2v) is 9.99. The second-order valence-electron chi connectivity index (χ2n) is 9.99. The maximum atomic E-state index is 13.8. The zero-order chi connectivity index (χ0) is 28.6. The zero-order valence-electron chi connectivity index (χ0n) is 22.3. The first-order valence-corrected chi connectivity index (χ1v) is 12.9. The lowest BCUT2D eigenvalue weighted by Gasteiger charge is -2.36. The lowest BCUT2D eigenvalue weighted by molar-refractivity contribution is -0.137. The molecule has 3 N–H and O–H groups in total. The molecule has 4 aromatic rings. The number of nitrogens with zero attached hydrogens (tertiary/aromatic N) is 3. The SMILES string of the molecule is CC(=O)Nc1cn2cc(-c3cc(NC(=O)c4cc(N5CCNCC5C)cc(C(F)(F)F)c4)ccc3C)ccc2n1. The third-order valence-corrected chi connectivity index (χ3v) is 6.90. The Balaban J connectivity index is 1.44. The van der Waals surface area contributed by atoms with Crippen molar-refractivity contribution in [1.29, 1.82) is 0 Å². The fourth-order valence-corrected chi connectivity index (χ4v) is 4.90. The maximum Gasteiger partial charge on any atom is 0.416 e. The normalized spacial score (nSPS) is 15.8. The van der Waals surface area contributed by atoms with Gasteiger partial charge in [0.1, 0.15) is 5.65 Å². The van der Waals surface area contributed by atoms with Gasteiger partial charge in [0.2, 0.25) is 5.91 Å². The van der Waals surface area contributed by atoms with Gasteiger partial charge in [-0.15, -0.1) is 0 Å². The number of fused-ring (bicyclic) bond motifs is 1. The molecule has 40 heavy (non-hydrogen) atoms. The number of anilines is 3. The first kappa shape index (κ1) is 27.2. The van der Waals surface area contributed by atoms with E-state index in [2.05, 4.69) is 20.9 Å². The van der Waals surface area contributed by atoms with E-state index in [0.717, 1.165) is 28.8 Å². The Morgan fingerprint density at radius 2 is 1.85 bits per heavy atom.